The molecule has 3 rings (SSSR count). The molecule has 36 heavy (non-hydrogen) atoms. The molecular weight excluding hydrogens is 499 g/mol. The van der Waals surface area contributed by atoms with E-state index in [1.54, 1.807) is 13.0 Å². The predicted octanol–water partition coefficient (Wildman–Crippen LogP) is 2.73. The van der Waals surface area contributed by atoms with Gasteiger partial charge in [-0.3, -0.25) is 14.5 Å². The third-order valence-corrected chi connectivity index (χ3v) is 7.72. The number of carbonyl (C=O) groups excluding carboxylic acids is 4. The van der Waals surface area contributed by atoms with Crippen LogP contribution in [0.3, 0.4) is 0 Å². The molecule has 0 radical (unpaired) electrons. The molecular formula is C23H29FN2O9S. The van der Waals surface area contributed by atoms with Gasteiger partial charge in [0.1, 0.15) is 21.8 Å². The lowest BCUT2D eigenvalue weighted by Gasteiger charge is -2.24. The van der Waals surface area contributed by atoms with Crippen LogP contribution in [0, 0.1) is 5.82 Å². The van der Waals surface area contributed by atoms with Crippen LogP contribution in [0.1, 0.15) is 51.5 Å². The number of esters is 1. The second-order valence-electron chi connectivity index (χ2n) is 8.67. The van der Waals surface area contributed by atoms with Gasteiger partial charge in [0.25, 0.3) is 0 Å². The topological polar surface area (TPSA) is 137 Å². The van der Waals surface area contributed by atoms with Gasteiger partial charge in [0.05, 0.1) is 30.3 Å². The second-order valence-corrected chi connectivity index (χ2v) is 11.0. The fourth-order valence-corrected chi connectivity index (χ4v) is 5.57. The molecule has 0 N–H and O–H groups in total. The minimum atomic E-state index is -3.08. The Morgan fingerprint density at radius 1 is 1.22 bits per heavy atom. The van der Waals surface area contributed by atoms with Crippen LogP contribution in [-0.2, 0) is 33.6 Å². The normalized spacial score (nSPS) is 20.4. The largest absolute Gasteiger partial charge is 0.442 e. The molecule has 2 atom stereocenters. The number of rotatable bonds is 7. The molecule has 2 heterocycles. The van der Waals surface area contributed by atoms with Crippen LogP contribution in [0.2, 0.25) is 0 Å². The van der Waals surface area contributed by atoms with Gasteiger partial charge < -0.3 is 14.2 Å². The van der Waals surface area contributed by atoms with E-state index in [2.05, 4.69) is 0 Å². The summed E-state index contributed by atoms with van der Waals surface area (Å²) in [5.74, 6) is -2.03. The van der Waals surface area contributed by atoms with Crippen molar-refractivity contribution in [3.63, 3.8) is 0 Å². The fraction of sp³-hybridized carbons (Fsp3) is 0.565. The first-order valence-electron chi connectivity index (χ1n) is 11.6. The first kappa shape index (κ1) is 27.4. The molecule has 0 bridgehead atoms. The highest BCUT2D eigenvalue weighted by molar-refractivity contribution is 7.91. The molecule has 198 valence electrons. The van der Waals surface area contributed by atoms with E-state index in [1.165, 1.54) is 24.0 Å². The summed E-state index contributed by atoms with van der Waals surface area (Å²) in [6, 6.07) is 4.26. The summed E-state index contributed by atoms with van der Waals surface area (Å²) in [5.41, 5.74) is 0.616. The molecule has 1 unspecified atom stereocenters. The van der Waals surface area contributed by atoms with Gasteiger partial charge in [0.15, 0.2) is 0 Å². The average Bonchev–Trinajstić information content (AvgIpc) is 3.17. The summed E-state index contributed by atoms with van der Waals surface area (Å²) in [4.78, 5) is 50.1. The maximum absolute atomic E-state index is 14.9. The van der Waals surface area contributed by atoms with E-state index in [4.69, 9.17) is 14.2 Å². The number of halogens is 1. The molecule has 1 aromatic carbocycles. The van der Waals surface area contributed by atoms with Crippen molar-refractivity contribution in [1.82, 2.24) is 4.90 Å². The Labute approximate surface area is 208 Å². The maximum atomic E-state index is 14.9. The molecule has 1 aromatic rings. The third-order valence-electron chi connectivity index (χ3n) is 6.00. The Morgan fingerprint density at radius 2 is 1.89 bits per heavy atom. The Morgan fingerprint density at radius 3 is 2.47 bits per heavy atom. The van der Waals surface area contributed by atoms with Crippen molar-refractivity contribution >= 4 is 39.6 Å². The summed E-state index contributed by atoms with van der Waals surface area (Å²) in [6.07, 6.45) is -3.24. The number of hydrogen-bond acceptors (Lipinski definition) is 9. The van der Waals surface area contributed by atoms with Crippen molar-refractivity contribution in [3.8, 4) is 0 Å². The van der Waals surface area contributed by atoms with E-state index < -0.39 is 52.1 Å². The van der Waals surface area contributed by atoms with E-state index in [1.807, 2.05) is 0 Å². The van der Waals surface area contributed by atoms with Crippen molar-refractivity contribution in [1.29, 1.82) is 0 Å². The van der Waals surface area contributed by atoms with Gasteiger partial charge in [-0.2, -0.15) is 0 Å². The molecule has 0 aliphatic carbocycles. The van der Waals surface area contributed by atoms with Crippen molar-refractivity contribution in [2.45, 2.75) is 58.3 Å². The summed E-state index contributed by atoms with van der Waals surface area (Å²) in [6.45, 7) is 3.65. The van der Waals surface area contributed by atoms with Gasteiger partial charge in [-0.1, -0.05) is 13.0 Å². The number of nitrogens with zero attached hydrogens (tertiary/aromatic N) is 2. The van der Waals surface area contributed by atoms with E-state index in [9.17, 15) is 32.0 Å². The lowest BCUT2D eigenvalue weighted by molar-refractivity contribution is -0.166. The quantitative estimate of drug-likeness (QED) is 0.386. The Kier molecular flexibility index (Phi) is 8.54. The fourth-order valence-electron chi connectivity index (χ4n) is 4.08. The van der Waals surface area contributed by atoms with Crippen LogP contribution in [0.15, 0.2) is 18.2 Å². The van der Waals surface area contributed by atoms with E-state index in [0.717, 1.165) is 11.8 Å². The summed E-state index contributed by atoms with van der Waals surface area (Å²) >= 11 is 0. The number of cyclic esters (lactones) is 1. The van der Waals surface area contributed by atoms with Crippen LogP contribution in [0.5, 0.6) is 0 Å². The Bertz CT molecular complexity index is 1130. The maximum Gasteiger partial charge on any atom is 0.419 e. The second kappa shape index (κ2) is 11.2. The number of anilines is 1. The first-order valence-corrected chi connectivity index (χ1v) is 13.4. The molecule has 2 aliphatic heterocycles. The monoisotopic (exact) mass is 528 g/mol. The molecule has 0 aromatic heterocycles. The van der Waals surface area contributed by atoms with Crippen molar-refractivity contribution in [2.75, 3.05) is 29.5 Å². The third kappa shape index (κ3) is 6.71. The number of amides is 3. The van der Waals surface area contributed by atoms with Crippen LogP contribution in [0.25, 0.3) is 0 Å². The van der Waals surface area contributed by atoms with Gasteiger partial charge >= 0.3 is 18.2 Å². The predicted molar refractivity (Wildman–Crippen MR) is 124 cm³/mol. The average molecular weight is 529 g/mol. The number of imide groups is 1. The van der Waals surface area contributed by atoms with Gasteiger partial charge in [0.2, 0.25) is 12.2 Å². The van der Waals surface area contributed by atoms with Crippen LogP contribution >= 0.6 is 0 Å². The lowest BCUT2D eigenvalue weighted by Crippen LogP contribution is -2.43. The minimum Gasteiger partial charge on any atom is -0.442 e. The molecule has 2 saturated heterocycles. The minimum absolute atomic E-state index is 0.00782. The van der Waals surface area contributed by atoms with Crippen molar-refractivity contribution in [2.24, 2.45) is 0 Å². The van der Waals surface area contributed by atoms with Gasteiger partial charge in [0, 0.05) is 20.3 Å². The van der Waals surface area contributed by atoms with Crippen LogP contribution in [0.4, 0.5) is 19.7 Å². The van der Waals surface area contributed by atoms with Crippen molar-refractivity contribution in [3.05, 3.63) is 29.6 Å². The lowest BCUT2D eigenvalue weighted by atomic mass is 9.93. The van der Waals surface area contributed by atoms with Gasteiger partial charge in [-0.05, 0) is 36.5 Å². The Hall–Kier alpha value is -3.22. The molecule has 0 saturated carbocycles. The highest BCUT2D eigenvalue weighted by Gasteiger charge is 2.37. The summed E-state index contributed by atoms with van der Waals surface area (Å²) in [5, 5.41) is 0. The molecule has 3 amide bonds. The summed E-state index contributed by atoms with van der Waals surface area (Å²) < 4.78 is 53.3. The number of ether oxygens (including phenoxy) is 3. The van der Waals surface area contributed by atoms with Gasteiger partial charge in [-0.25, -0.2) is 27.3 Å². The zero-order chi connectivity index (χ0) is 26.6. The molecule has 11 nitrogen and oxygen atoms in total. The van der Waals surface area contributed by atoms with Crippen molar-refractivity contribution < 1.29 is 46.2 Å². The number of sulfone groups is 1. The zero-order valence-corrected chi connectivity index (χ0v) is 21.1. The summed E-state index contributed by atoms with van der Waals surface area (Å²) in [7, 11) is -3.08. The molecule has 2 fully saturated rings. The van der Waals surface area contributed by atoms with E-state index in [0.29, 0.717) is 18.4 Å². The number of hydrogen-bond donors (Lipinski definition) is 0. The van der Waals surface area contributed by atoms with Crippen LogP contribution < -0.4 is 4.90 Å². The molecule has 13 heteroatoms. The number of carbonyl (C=O) groups is 4. The SMILES string of the molecule is CCC(=O)OC(C)OC(=O)N(C[C@H]1CN(c2ccc(C3CCS(=O)(=O)CC3)c(F)c2)C(=O)O1)C(C)=O. The highest BCUT2D eigenvalue weighted by atomic mass is 32.2. The molecule has 0 spiro atoms. The Balaban J connectivity index is 1.64. The van der Waals surface area contributed by atoms with Gasteiger partial charge in [-0.15, -0.1) is 0 Å². The highest BCUT2D eigenvalue weighted by Crippen LogP contribution is 2.33. The molecule has 2 aliphatic rings. The number of benzene rings is 1. The standard InChI is InChI=1S/C23H29FN2O9S/c1-4-21(28)33-15(3)34-22(29)25(14(2)27)12-18-13-26(23(30)35-18)17-5-6-19(20(24)11-17)16-7-9-36(31,32)10-8-16/h5-6,11,15-16,18H,4,7-10,12-13H2,1-3H3/t15?,18-/m0/s1. The zero-order valence-electron chi connectivity index (χ0n) is 20.3. The van der Waals surface area contributed by atoms with E-state index >= 15 is 0 Å². The van der Waals surface area contributed by atoms with Crippen LogP contribution in [-0.4, -0.2) is 74.4 Å². The smallest absolute Gasteiger partial charge is 0.419 e. The first-order chi connectivity index (χ1) is 16.9. The van der Waals surface area contributed by atoms with E-state index in [-0.39, 0.29) is 42.6 Å².